The molecule has 0 saturated carbocycles. The Bertz CT molecular complexity index is 2460. The number of thiophene rings is 1. The largest absolute Gasteiger partial charge is 0.344 e. The van der Waals surface area contributed by atoms with Gasteiger partial charge in [-0.25, -0.2) is 9.98 Å². The first-order valence-electron chi connectivity index (χ1n) is 15.2. The summed E-state index contributed by atoms with van der Waals surface area (Å²) in [6.07, 6.45) is -0.244. The van der Waals surface area contributed by atoms with E-state index in [1.165, 1.54) is 47.5 Å². The quantitative estimate of drug-likeness (QED) is 0.217. The first kappa shape index (κ1) is 25.9. The topological polar surface area (TPSA) is 36.8 Å². The van der Waals surface area contributed by atoms with E-state index in [2.05, 4.69) is 133 Å². The number of nitrogens with one attached hydrogen (secondary N) is 1. The van der Waals surface area contributed by atoms with Crippen molar-refractivity contribution in [1.82, 2.24) is 5.32 Å². The van der Waals surface area contributed by atoms with Gasteiger partial charge in [0.05, 0.1) is 0 Å². The molecule has 0 bridgehead atoms. The molecule has 45 heavy (non-hydrogen) atoms. The van der Waals surface area contributed by atoms with Crippen LogP contribution in [0.25, 0.3) is 52.8 Å². The van der Waals surface area contributed by atoms with Gasteiger partial charge in [-0.1, -0.05) is 140 Å². The van der Waals surface area contributed by atoms with Gasteiger partial charge < -0.3 is 5.32 Å². The van der Waals surface area contributed by atoms with Crippen molar-refractivity contribution in [2.75, 3.05) is 0 Å². The standard InChI is InChI=1S/C41H27N3S/c1-3-12-27(13-4-1)39-42-40(28-14-5-2-6-15-28)44-41(43-39)35-25-24-31(29-17-7-8-18-30(29)35)33-20-11-16-26-22-23-34-32-19-9-10-21-36(32)45-38(34)37(26)33/h1-25,39H,(H,42,43,44). The third-order valence-corrected chi connectivity index (χ3v) is 9.95. The Morgan fingerprint density at radius 2 is 1.20 bits per heavy atom. The summed E-state index contributed by atoms with van der Waals surface area (Å²) in [5, 5.41) is 11.1. The van der Waals surface area contributed by atoms with Crippen LogP contribution in [-0.2, 0) is 0 Å². The van der Waals surface area contributed by atoms with Gasteiger partial charge in [-0.05, 0) is 45.0 Å². The van der Waals surface area contributed by atoms with E-state index in [1.54, 1.807) is 0 Å². The second kappa shape index (κ2) is 10.5. The minimum atomic E-state index is -0.244. The van der Waals surface area contributed by atoms with Crippen LogP contribution in [0, 0.1) is 0 Å². The molecule has 0 saturated heterocycles. The number of nitrogens with zero attached hydrogens (tertiary/aromatic N) is 2. The fraction of sp³-hybridized carbons (Fsp3) is 0.0244. The molecule has 212 valence electrons. The van der Waals surface area contributed by atoms with Gasteiger partial charge in [0.2, 0.25) is 0 Å². The van der Waals surface area contributed by atoms with Crippen LogP contribution in [0.5, 0.6) is 0 Å². The Balaban J connectivity index is 1.27. The van der Waals surface area contributed by atoms with Crippen molar-refractivity contribution in [3.05, 3.63) is 168 Å². The molecule has 0 fully saturated rings. The molecule has 4 heteroatoms. The lowest BCUT2D eigenvalue weighted by molar-refractivity contribution is 0.674. The highest BCUT2D eigenvalue weighted by atomic mass is 32.1. The molecule has 0 aliphatic carbocycles. The SMILES string of the molecule is c1ccc(C2=NC(c3ccc(-c4cccc5ccc6c7ccccc7sc6c45)c4ccccc34)=NC(c3ccccc3)N2)cc1. The van der Waals surface area contributed by atoms with Gasteiger partial charge in [0.1, 0.15) is 12.0 Å². The second-order valence-electron chi connectivity index (χ2n) is 11.4. The van der Waals surface area contributed by atoms with Crippen LogP contribution in [-0.4, -0.2) is 11.7 Å². The van der Waals surface area contributed by atoms with Crippen molar-refractivity contribution in [3.8, 4) is 11.1 Å². The molecule has 1 unspecified atom stereocenters. The molecule has 1 atom stereocenters. The lowest BCUT2D eigenvalue weighted by atomic mass is 9.91. The van der Waals surface area contributed by atoms with E-state index in [4.69, 9.17) is 9.98 Å². The van der Waals surface area contributed by atoms with E-state index in [1.807, 2.05) is 35.6 Å². The molecular weight excluding hydrogens is 567 g/mol. The molecule has 2 heterocycles. The molecule has 1 aliphatic heterocycles. The summed E-state index contributed by atoms with van der Waals surface area (Å²) in [6, 6.07) is 53.8. The van der Waals surface area contributed by atoms with Gasteiger partial charge in [-0.15, -0.1) is 11.3 Å². The van der Waals surface area contributed by atoms with Gasteiger partial charge in [0.15, 0.2) is 5.84 Å². The molecule has 3 nitrogen and oxygen atoms in total. The number of rotatable bonds is 4. The fourth-order valence-corrected chi connectivity index (χ4v) is 7.90. The van der Waals surface area contributed by atoms with Crippen molar-refractivity contribution < 1.29 is 0 Å². The van der Waals surface area contributed by atoms with E-state index < -0.39 is 0 Å². The molecule has 0 spiro atoms. The van der Waals surface area contributed by atoms with Crippen molar-refractivity contribution in [2.24, 2.45) is 9.98 Å². The predicted octanol–water partition coefficient (Wildman–Crippen LogP) is 10.5. The monoisotopic (exact) mass is 593 g/mol. The Morgan fingerprint density at radius 1 is 0.511 bits per heavy atom. The highest BCUT2D eigenvalue weighted by Crippen LogP contribution is 2.43. The lowest BCUT2D eigenvalue weighted by Crippen LogP contribution is -2.33. The summed E-state index contributed by atoms with van der Waals surface area (Å²) in [5.74, 6) is 1.55. The molecule has 0 radical (unpaired) electrons. The maximum Gasteiger partial charge on any atom is 0.160 e. The van der Waals surface area contributed by atoms with Crippen LogP contribution >= 0.6 is 11.3 Å². The van der Waals surface area contributed by atoms with Crippen LogP contribution in [0.2, 0.25) is 0 Å². The molecule has 9 rings (SSSR count). The maximum atomic E-state index is 5.19. The molecular formula is C41H27N3S. The van der Waals surface area contributed by atoms with Crippen LogP contribution in [0.4, 0.5) is 0 Å². The van der Waals surface area contributed by atoms with Gasteiger partial charge in [-0.2, -0.15) is 0 Å². The minimum Gasteiger partial charge on any atom is -0.344 e. The number of fused-ring (bicyclic) bond motifs is 6. The summed E-state index contributed by atoms with van der Waals surface area (Å²) in [6.45, 7) is 0. The van der Waals surface area contributed by atoms with Crippen molar-refractivity contribution in [2.45, 2.75) is 6.17 Å². The predicted molar refractivity (Wildman–Crippen MR) is 192 cm³/mol. The van der Waals surface area contributed by atoms with Gasteiger partial charge in [0.25, 0.3) is 0 Å². The van der Waals surface area contributed by atoms with Crippen molar-refractivity contribution in [3.63, 3.8) is 0 Å². The normalized spacial score (nSPS) is 14.9. The Morgan fingerprint density at radius 3 is 2.02 bits per heavy atom. The molecule has 7 aromatic carbocycles. The number of amidine groups is 2. The Labute approximate surface area is 264 Å². The van der Waals surface area contributed by atoms with Crippen molar-refractivity contribution in [1.29, 1.82) is 0 Å². The van der Waals surface area contributed by atoms with Crippen LogP contribution in [0.15, 0.2) is 162 Å². The van der Waals surface area contributed by atoms with E-state index in [0.29, 0.717) is 0 Å². The zero-order chi connectivity index (χ0) is 29.7. The van der Waals surface area contributed by atoms with Gasteiger partial charge >= 0.3 is 0 Å². The van der Waals surface area contributed by atoms with E-state index in [0.717, 1.165) is 33.7 Å². The molecule has 0 amide bonds. The summed E-state index contributed by atoms with van der Waals surface area (Å²) >= 11 is 1.88. The maximum absolute atomic E-state index is 5.19. The Kier molecular flexibility index (Phi) is 6.06. The average molecular weight is 594 g/mol. The smallest absolute Gasteiger partial charge is 0.160 e. The third-order valence-electron chi connectivity index (χ3n) is 8.75. The number of aliphatic imine (C=N–C) groups is 2. The van der Waals surface area contributed by atoms with Gasteiger partial charge in [0, 0.05) is 36.7 Å². The summed E-state index contributed by atoms with van der Waals surface area (Å²) in [4.78, 5) is 10.3. The van der Waals surface area contributed by atoms with E-state index in [9.17, 15) is 0 Å². The van der Waals surface area contributed by atoms with Crippen LogP contribution < -0.4 is 5.32 Å². The van der Waals surface area contributed by atoms with E-state index >= 15 is 0 Å². The van der Waals surface area contributed by atoms with Crippen LogP contribution in [0.1, 0.15) is 22.9 Å². The highest BCUT2D eigenvalue weighted by Gasteiger charge is 2.23. The first-order valence-corrected chi connectivity index (χ1v) is 16.0. The van der Waals surface area contributed by atoms with E-state index in [-0.39, 0.29) is 6.17 Å². The first-order chi connectivity index (χ1) is 22.3. The number of benzene rings is 7. The second-order valence-corrected chi connectivity index (χ2v) is 12.4. The zero-order valence-electron chi connectivity index (χ0n) is 24.3. The third kappa shape index (κ3) is 4.34. The summed E-state index contributed by atoms with van der Waals surface area (Å²) in [7, 11) is 0. The van der Waals surface area contributed by atoms with Crippen molar-refractivity contribution >= 4 is 64.7 Å². The Hall–Kier alpha value is -5.58. The zero-order valence-corrected chi connectivity index (χ0v) is 25.1. The number of hydrogen-bond acceptors (Lipinski definition) is 4. The average Bonchev–Trinajstić information content (AvgIpc) is 3.50. The fourth-order valence-electron chi connectivity index (χ4n) is 6.62. The highest BCUT2D eigenvalue weighted by molar-refractivity contribution is 7.26. The number of hydrogen-bond donors (Lipinski definition) is 1. The molecule has 1 aromatic heterocycles. The minimum absolute atomic E-state index is 0.244. The lowest BCUT2D eigenvalue weighted by Gasteiger charge is -2.24. The van der Waals surface area contributed by atoms with Crippen LogP contribution in [0.3, 0.4) is 0 Å². The molecule has 1 N–H and O–H groups in total. The van der Waals surface area contributed by atoms with Gasteiger partial charge in [-0.3, -0.25) is 0 Å². The molecule has 8 aromatic rings. The summed E-state index contributed by atoms with van der Waals surface area (Å²) in [5.41, 5.74) is 5.62. The molecule has 1 aliphatic rings. The summed E-state index contributed by atoms with van der Waals surface area (Å²) < 4.78 is 2.65.